The number of hydrogen-bond acceptors (Lipinski definition) is 13. The molecule has 0 fully saturated rings. The van der Waals surface area contributed by atoms with E-state index < -0.39 is 0 Å². The summed E-state index contributed by atoms with van der Waals surface area (Å²) in [4.78, 5) is 28.5. The van der Waals surface area contributed by atoms with E-state index >= 15 is 0 Å². The van der Waals surface area contributed by atoms with Gasteiger partial charge in [-0.15, -0.1) is 0 Å². The predicted molar refractivity (Wildman–Crippen MR) is 656 cm³/mol. The van der Waals surface area contributed by atoms with Crippen molar-refractivity contribution < 1.29 is 8.94 Å². The van der Waals surface area contributed by atoms with Crippen molar-refractivity contribution >= 4 is 17.0 Å². The van der Waals surface area contributed by atoms with Crippen molar-refractivity contribution in [2.45, 2.75) is 420 Å². The predicted octanol–water partition coefficient (Wildman–Crippen LogP) is 41.5. The van der Waals surface area contributed by atoms with Crippen LogP contribution in [0.3, 0.4) is 0 Å². The van der Waals surface area contributed by atoms with Crippen LogP contribution in [-0.4, -0.2) is 64.0 Å². The smallest absolute Gasteiger partial charge is 0.136 e. The van der Waals surface area contributed by atoms with Crippen LogP contribution in [-0.2, 0) is 46.6 Å². The van der Waals surface area contributed by atoms with Crippen molar-refractivity contribution in [3.8, 4) is 0 Å². The maximum Gasteiger partial charge on any atom is 0.136 e. The number of furan rings is 1. The Balaban J connectivity index is -0.000000104. The Kier molecular flexibility index (Phi) is 134. The summed E-state index contributed by atoms with van der Waals surface area (Å²) in [5.41, 5.74) is 9.99. The number of pyridine rings is 7. The molecule has 0 saturated carbocycles. The van der Waals surface area contributed by atoms with E-state index in [0.717, 1.165) is 59.2 Å². The van der Waals surface area contributed by atoms with E-state index in [0.29, 0.717) is 0 Å². The Labute approximate surface area is 903 Å². The second-order valence-electron chi connectivity index (χ2n) is 40.7. The van der Waals surface area contributed by atoms with Gasteiger partial charge >= 0.3 is 0 Å². The van der Waals surface area contributed by atoms with Gasteiger partial charge < -0.3 is 13.3 Å². The highest BCUT2D eigenvalue weighted by Gasteiger charge is 2.16. The lowest BCUT2D eigenvalue weighted by Crippen LogP contribution is -2.12. The lowest BCUT2D eigenvalue weighted by molar-refractivity contribution is 0.420. The molecule has 0 aliphatic heterocycles. The van der Waals surface area contributed by atoms with Crippen LogP contribution in [0.25, 0.3) is 5.65 Å². The van der Waals surface area contributed by atoms with Crippen LogP contribution in [0.4, 0.5) is 0 Å². The molecule has 0 radical (unpaired) electrons. The number of nitrogens with zero attached hydrogens (tertiary/aromatic N) is 13. The molecule has 13 aromatic rings. The average molecular weight is 2030 g/mol. The Morgan fingerprint density at radius 1 is 0.262 bits per heavy atom. The van der Waals surface area contributed by atoms with Crippen molar-refractivity contribution in [3.05, 3.63) is 345 Å². The van der Waals surface area contributed by atoms with E-state index in [1.54, 1.807) is 88.9 Å². The molecule has 145 heavy (non-hydrogen) atoms. The van der Waals surface area contributed by atoms with Crippen molar-refractivity contribution in [3.63, 3.8) is 0 Å². The fourth-order valence-electron chi connectivity index (χ4n) is 7.46. The van der Waals surface area contributed by atoms with Gasteiger partial charge in [-0.2, -0.15) is 21.5 Å². The molecule has 830 valence electrons. The van der Waals surface area contributed by atoms with Gasteiger partial charge in [-0.05, 0) is 204 Å². The zero-order chi connectivity index (χ0) is 116. The molecule has 0 atom stereocenters. The van der Waals surface area contributed by atoms with Crippen molar-refractivity contribution in [2.75, 3.05) is 0 Å². The summed E-state index contributed by atoms with van der Waals surface area (Å²) in [7, 11) is 3.78. The number of aryl methyl sites for hydroxylation is 2. The number of allylic oxidation sites excluding steroid dienone is 4. The zero-order valence-corrected chi connectivity index (χ0v) is 106. The molecule has 0 spiro atoms. The molecule has 0 saturated heterocycles. The van der Waals surface area contributed by atoms with Crippen molar-refractivity contribution in [1.82, 2.24) is 64.0 Å². The van der Waals surface area contributed by atoms with Crippen molar-refractivity contribution in [2.24, 2.45) is 55.5 Å². The topological polar surface area (TPSA) is 169 Å². The molecule has 15 nitrogen and oxygen atoms in total. The lowest BCUT2D eigenvalue weighted by atomic mass is 9.88. The summed E-state index contributed by atoms with van der Waals surface area (Å²) in [6, 6.07) is 45.6. The fourth-order valence-corrected chi connectivity index (χ4v) is 7.91. The molecule has 0 amide bonds. The van der Waals surface area contributed by atoms with Crippen LogP contribution < -0.4 is 0 Å². The standard InChI is InChI=1S/6C9H13N.C7H6N2.C5H6.2C4H6N2.C4H4O.C4H4S.7C4H10.C3H3NO.8C2H6/c1-9(2,3)8-4-6-10-7-5-8;4*1-9(2,3)8-5-4-6-10-7-8;1-9(2,3)8-6-4-5-7-10-8;1-2-5-9-6-4-8-7(9)3-1;1-2-4-5-3-1;2*1-6-4-2-3-5-6;2*1-2-4-5-3-1;7*1-4(2)3;1-2-4-5-3-1;8*1-2/h6*4-7H,1-3H3;1-6H;1-4H,5H2;2*2-4H,1H3;2*1-4H;7*4H,1-3H3;1-3H;8*1-2H3. The molecule has 14 rings (SSSR count). The first-order valence-electron chi connectivity index (χ1n) is 53.8. The van der Waals surface area contributed by atoms with Crippen molar-refractivity contribution in [1.29, 1.82) is 0 Å². The van der Waals surface area contributed by atoms with Crippen LogP contribution >= 0.6 is 11.3 Å². The minimum absolute atomic E-state index is 0.182. The van der Waals surface area contributed by atoms with Gasteiger partial charge in [-0.25, -0.2) is 4.98 Å². The number of fused-ring (bicyclic) bond motifs is 1. The van der Waals surface area contributed by atoms with E-state index in [4.69, 9.17) is 0 Å². The average Bonchev–Trinajstić information content (AvgIpc) is 1.76. The fraction of sp³-hybridized carbons (Fsp3) is 0.550. The highest BCUT2D eigenvalue weighted by Crippen LogP contribution is 2.24. The summed E-state index contributed by atoms with van der Waals surface area (Å²) < 4.78 is 14.4. The Morgan fingerprint density at radius 2 is 0.572 bits per heavy atom. The molecule has 16 heteroatoms. The van der Waals surface area contributed by atoms with Crippen LogP contribution in [0.5, 0.6) is 0 Å². The molecular weight excluding hydrogens is 1800 g/mol. The minimum Gasteiger partial charge on any atom is -0.473 e. The molecule has 0 N–H and O–H groups in total. The minimum atomic E-state index is 0.182. The largest absolute Gasteiger partial charge is 0.473 e. The Morgan fingerprint density at radius 3 is 0.724 bits per heavy atom. The maximum absolute atomic E-state index is 4.58. The number of rotatable bonds is 0. The molecule has 1 aliphatic rings. The Bertz CT molecular complexity index is 3690. The summed E-state index contributed by atoms with van der Waals surface area (Å²) >= 11 is 1.71. The first-order chi connectivity index (χ1) is 68.0. The van der Waals surface area contributed by atoms with Crippen LogP contribution in [0.1, 0.15) is 421 Å². The number of imidazole rings is 1. The first kappa shape index (κ1) is 165. The number of aromatic nitrogens is 13. The summed E-state index contributed by atoms with van der Waals surface area (Å²) in [5, 5.41) is 15.1. The number of thiophene rings is 1. The lowest BCUT2D eigenvalue weighted by Gasteiger charge is -2.17. The Hall–Kier alpha value is -10.3. The molecule has 0 unspecified atom stereocenters. The van der Waals surface area contributed by atoms with Crippen LogP contribution in [0.15, 0.2) is 320 Å². The quantitative estimate of drug-likeness (QED) is 0.141. The SMILES string of the molecule is C1=CCC=C1.CC.CC.CC.CC.CC.CC.CC.CC.CC(C)(C)c1ccccn1.CC(C)(C)c1cccnc1.CC(C)(C)c1cccnc1.CC(C)(C)c1cccnc1.CC(C)(C)c1cccnc1.CC(C)(C)c1ccncc1.CC(C)C.CC(C)C.CC(C)C.CC(C)C.CC(C)C.CC(C)C.CC(C)C.Cn1cccn1.Cn1cccn1.c1ccn2ccnc2c1.c1ccoc1.c1ccsc1.c1cnoc1. The van der Waals surface area contributed by atoms with Gasteiger partial charge in [-0.3, -0.25) is 39.3 Å². The van der Waals surface area contributed by atoms with Crippen LogP contribution in [0.2, 0.25) is 0 Å². The third kappa shape index (κ3) is 149. The van der Waals surface area contributed by atoms with Gasteiger partial charge in [0.15, 0.2) is 0 Å². The molecule has 13 aromatic heterocycles. The second-order valence-corrected chi connectivity index (χ2v) is 41.5. The highest BCUT2D eigenvalue weighted by molar-refractivity contribution is 7.07. The van der Waals surface area contributed by atoms with Crippen LogP contribution in [0, 0.1) is 41.4 Å². The van der Waals surface area contributed by atoms with E-state index in [1.165, 1.54) is 34.1 Å². The molecule has 0 aromatic carbocycles. The monoisotopic (exact) mass is 2030 g/mol. The first-order valence-corrected chi connectivity index (χ1v) is 54.7. The van der Waals surface area contributed by atoms with Gasteiger partial charge in [0, 0.05) is 137 Å². The van der Waals surface area contributed by atoms with E-state index in [-0.39, 0.29) is 32.5 Å². The zero-order valence-electron chi connectivity index (χ0n) is 105. The van der Waals surface area contributed by atoms with E-state index in [9.17, 15) is 0 Å². The summed E-state index contributed by atoms with van der Waals surface area (Å²) in [6.07, 6.45) is 49.2. The maximum atomic E-state index is 4.58. The molecule has 0 bridgehead atoms. The molecule has 13 heterocycles. The third-order valence-corrected chi connectivity index (χ3v) is 14.1. The third-order valence-electron chi connectivity index (χ3n) is 13.5. The van der Waals surface area contributed by atoms with E-state index in [1.807, 2.05) is 299 Å². The molecule has 1 aliphatic carbocycles. The number of hydrogen-bond donors (Lipinski definition) is 0. The van der Waals surface area contributed by atoms with Gasteiger partial charge in [0.1, 0.15) is 11.9 Å². The van der Waals surface area contributed by atoms with Gasteiger partial charge in [0.05, 0.1) is 18.7 Å². The normalized spacial score (nSPS) is 9.63. The van der Waals surface area contributed by atoms with Gasteiger partial charge in [-0.1, -0.05) is 459 Å². The van der Waals surface area contributed by atoms with Gasteiger partial charge in [0.2, 0.25) is 0 Å². The summed E-state index contributed by atoms with van der Waals surface area (Å²) in [6.45, 7) is 117. The molecular formula is C129H231N13O2S. The second kappa shape index (κ2) is 117. The van der Waals surface area contributed by atoms with Gasteiger partial charge in [0.25, 0.3) is 0 Å². The highest BCUT2D eigenvalue weighted by atomic mass is 32.1. The van der Waals surface area contributed by atoms with E-state index in [2.05, 4.69) is 396 Å². The summed E-state index contributed by atoms with van der Waals surface area (Å²) in [5.74, 6) is 5.83.